The number of thiophene rings is 1. The van der Waals surface area contributed by atoms with E-state index in [-0.39, 0.29) is 25.4 Å². The second-order valence-electron chi connectivity index (χ2n) is 14.0. The number of hydrogen-bond donors (Lipinski definition) is 2. The van der Waals surface area contributed by atoms with Crippen molar-refractivity contribution in [3.05, 3.63) is 92.4 Å². The number of benzene rings is 2. The van der Waals surface area contributed by atoms with Crippen LogP contribution in [0.1, 0.15) is 89.6 Å². The summed E-state index contributed by atoms with van der Waals surface area (Å²) in [6, 6.07) is 12.8. The Hall–Kier alpha value is -5.36. The summed E-state index contributed by atoms with van der Waals surface area (Å²) in [6.45, 7) is 12.8. The predicted octanol–water partition coefficient (Wildman–Crippen LogP) is 6.70. The van der Waals surface area contributed by atoms with Gasteiger partial charge in [-0.3, -0.25) is 24.5 Å². The molecule has 0 spiro atoms. The quantitative estimate of drug-likeness (QED) is 0.0802. The van der Waals surface area contributed by atoms with Crippen molar-refractivity contribution in [1.29, 1.82) is 0 Å². The Kier molecular flexibility index (Phi) is 13.6. The average molecular weight is 770 g/mol. The van der Waals surface area contributed by atoms with E-state index in [2.05, 4.69) is 41.2 Å². The summed E-state index contributed by atoms with van der Waals surface area (Å²) in [4.78, 5) is 42.1. The topological polar surface area (TPSA) is 163 Å². The number of fused-ring (bicyclic) bond motifs is 3. The molecule has 0 radical (unpaired) electrons. The number of anilines is 1. The van der Waals surface area contributed by atoms with Crippen molar-refractivity contribution >= 4 is 40.8 Å². The fourth-order valence-electron chi connectivity index (χ4n) is 5.94. The number of carboxylic acids is 1. The number of carbonyl (C=O) groups is 3. The molecule has 2 N–H and O–H groups in total. The molecule has 55 heavy (non-hydrogen) atoms. The van der Waals surface area contributed by atoms with E-state index in [0.29, 0.717) is 44.2 Å². The molecule has 1 aliphatic rings. The Labute approximate surface area is 325 Å². The Morgan fingerprint density at radius 1 is 0.964 bits per heavy atom. The first-order chi connectivity index (χ1) is 26.2. The Bertz CT molecular complexity index is 2120. The molecule has 290 valence electrons. The lowest BCUT2D eigenvalue weighted by atomic mass is 9.98. The van der Waals surface area contributed by atoms with Crippen molar-refractivity contribution in [3.8, 4) is 16.8 Å². The molecule has 2 aromatic heterocycles. The highest BCUT2D eigenvalue weighted by atomic mass is 32.1. The van der Waals surface area contributed by atoms with Crippen LogP contribution in [-0.4, -0.2) is 82.8 Å². The van der Waals surface area contributed by atoms with Gasteiger partial charge in [0.1, 0.15) is 29.1 Å². The number of carbonyl (C=O) groups excluding carboxylic acids is 2. The minimum absolute atomic E-state index is 0.0189. The van der Waals surface area contributed by atoms with Crippen LogP contribution in [0.3, 0.4) is 0 Å². The van der Waals surface area contributed by atoms with Gasteiger partial charge in [0, 0.05) is 33.7 Å². The number of esters is 1. The normalized spacial score (nSPS) is 13.4. The summed E-state index contributed by atoms with van der Waals surface area (Å²) in [7, 11) is 1.37. The molecule has 2 aromatic carbocycles. The molecule has 0 unspecified atom stereocenters. The molecule has 5 rings (SSSR count). The van der Waals surface area contributed by atoms with Crippen LogP contribution in [0.15, 0.2) is 47.5 Å². The van der Waals surface area contributed by atoms with Crippen LogP contribution in [-0.2, 0) is 41.4 Å². The number of amides is 1. The van der Waals surface area contributed by atoms with Crippen LogP contribution in [0.5, 0.6) is 0 Å². The first-order valence-electron chi connectivity index (χ1n) is 18.0. The monoisotopic (exact) mass is 769 g/mol. The van der Waals surface area contributed by atoms with Crippen LogP contribution in [0.25, 0.3) is 5.00 Å². The molecular formula is C41H47N5O8S. The summed E-state index contributed by atoms with van der Waals surface area (Å²) in [5.74, 6) is 6.27. The molecular weight excluding hydrogens is 723 g/mol. The van der Waals surface area contributed by atoms with E-state index >= 15 is 0 Å². The van der Waals surface area contributed by atoms with Crippen molar-refractivity contribution in [2.75, 3.05) is 38.9 Å². The maximum Gasteiger partial charge on any atom is 0.412 e. The Morgan fingerprint density at radius 2 is 1.67 bits per heavy atom. The zero-order valence-electron chi connectivity index (χ0n) is 32.3. The van der Waals surface area contributed by atoms with Gasteiger partial charge < -0.3 is 24.1 Å². The summed E-state index contributed by atoms with van der Waals surface area (Å²) in [5, 5.41) is 21.6. The third-order valence-electron chi connectivity index (χ3n) is 8.62. The van der Waals surface area contributed by atoms with Crippen LogP contribution in [0.4, 0.5) is 10.5 Å². The van der Waals surface area contributed by atoms with E-state index in [9.17, 15) is 14.4 Å². The number of aromatic nitrogens is 3. The average Bonchev–Trinajstić information content (AvgIpc) is 3.60. The first-order valence-corrected chi connectivity index (χ1v) is 18.8. The Balaban J connectivity index is 1.14. The summed E-state index contributed by atoms with van der Waals surface area (Å²) < 4.78 is 23.8. The summed E-state index contributed by atoms with van der Waals surface area (Å²) >= 11 is 1.65. The SMILES string of the molecule is COC(=O)C[C@@H]1N=C(c2ccc(C#CCOCCOCCc3cc(CCC(=O)O)cc(NC(=O)OC(C)(C)C)c3)cc2)c2c(sc(C)c2C)-n2c(C)nnc21. The van der Waals surface area contributed by atoms with E-state index in [1.165, 1.54) is 12.0 Å². The van der Waals surface area contributed by atoms with Crippen LogP contribution in [0.2, 0.25) is 0 Å². The molecule has 0 saturated heterocycles. The lowest BCUT2D eigenvalue weighted by molar-refractivity contribution is -0.141. The molecule has 0 aliphatic carbocycles. The van der Waals surface area contributed by atoms with Crippen LogP contribution < -0.4 is 5.32 Å². The van der Waals surface area contributed by atoms with E-state index in [1.54, 1.807) is 38.2 Å². The highest BCUT2D eigenvalue weighted by Crippen LogP contribution is 2.39. The molecule has 0 bridgehead atoms. The van der Waals surface area contributed by atoms with Crippen molar-refractivity contribution in [1.82, 2.24) is 14.8 Å². The van der Waals surface area contributed by atoms with Crippen LogP contribution >= 0.6 is 11.3 Å². The van der Waals surface area contributed by atoms with Crippen LogP contribution in [0, 0.1) is 32.6 Å². The minimum Gasteiger partial charge on any atom is -0.481 e. The number of carboxylic acid groups (broad SMARTS) is 1. The molecule has 0 fully saturated rings. The summed E-state index contributed by atoms with van der Waals surface area (Å²) in [5.41, 5.74) is 6.20. The maximum absolute atomic E-state index is 12.4. The lowest BCUT2D eigenvalue weighted by Crippen LogP contribution is -2.27. The number of ether oxygens (including phenoxy) is 4. The van der Waals surface area contributed by atoms with Gasteiger partial charge in [-0.05, 0) is 95.3 Å². The second-order valence-corrected chi connectivity index (χ2v) is 15.2. The van der Waals surface area contributed by atoms with Gasteiger partial charge in [-0.2, -0.15) is 0 Å². The van der Waals surface area contributed by atoms with Crippen molar-refractivity contribution in [3.63, 3.8) is 0 Å². The highest BCUT2D eigenvalue weighted by molar-refractivity contribution is 7.15. The Morgan fingerprint density at radius 3 is 2.36 bits per heavy atom. The fraction of sp³-hybridized carbons (Fsp3) is 0.415. The van der Waals surface area contributed by atoms with E-state index < -0.39 is 23.7 Å². The predicted molar refractivity (Wildman–Crippen MR) is 209 cm³/mol. The zero-order chi connectivity index (χ0) is 39.7. The highest BCUT2D eigenvalue weighted by Gasteiger charge is 2.32. The van der Waals surface area contributed by atoms with Gasteiger partial charge in [-0.15, -0.1) is 21.5 Å². The minimum atomic E-state index is -0.892. The first kappa shape index (κ1) is 40.8. The number of aliphatic imine (C=N–C) groups is 1. The third kappa shape index (κ3) is 11.1. The molecule has 1 aliphatic heterocycles. The molecule has 1 amide bonds. The lowest BCUT2D eigenvalue weighted by Gasteiger charge is -2.20. The molecule has 0 saturated carbocycles. The molecule has 14 heteroatoms. The van der Waals surface area contributed by atoms with Crippen molar-refractivity contribution < 1.29 is 38.4 Å². The number of methoxy groups -OCH3 is 1. The van der Waals surface area contributed by atoms with E-state index in [4.69, 9.17) is 29.0 Å². The van der Waals surface area contributed by atoms with Gasteiger partial charge in [0.2, 0.25) is 0 Å². The van der Waals surface area contributed by atoms with E-state index in [1.807, 2.05) is 47.9 Å². The number of rotatable bonds is 14. The number of nitrogens with zero attached hydrogens (tertiary/aromatic N) is 4. The standard InChI is InChI=1S/C41H47N5O8S/c1-25-26(2)55-39-36(25)37(43-33(24-35(49)51-7)38-45-44-27(3)46(38)39)31-13-10-28(11-14-31)9-8-17-52-19-20-53-18-16-30-21-29(12-15-34(47)48)22-32(23-30)42-40(50)54-41(4,5)6/h10-11,13-14,21-23,33H,12,15-20,24H2,1-7H3,(H,42,50)(H,47,48)/t33-/m0/s1. The third-order valence-corrected chi connectivity index (χ3v) is 9.82. The smallest absolute Gasteiger partial charge is 0.412 e. The number of nitrogens with one attached hydrogen (secondary N) is 1. The van der Waals surface area contributed by atoms with Gasteiger partial charge in [0.25, 0.3) is 0 Å². The molecule has 13 nitrogen and oxygen atoms in total. The van der Waals surface area contributed by atoms with E-state index in [0.717, 1.165) is 49.9 Å². The molecule has 1 atom stereocenters. The molecule has 4 aromatic rings. The van der Waals surface area contributed by atoms with Gasteiger partial charge in [-0.1, -0.05) is 30.0 Å². The fourth-order valence-corrected chi connectivity index (χ4v) is 7.16. The number of aryl methyl sites for hydroxylation is 3. The van der Waals surface area contributed by atoms with Gasteiger partial charge >= 0.3 is 18.0 Å². The summed E-state index contributed by atoms with van der Waals surface area (Å²) in [6.07, 6.45) is 0.338. The molecule has 3 heterocycles. The largest absolute Gasteiger partial charge is 0.481 e. The van der Waals surface area contributed by atoms with Crippen molar-refractivity contribution in [2.45, 2.75) is 78.9 Å². The number of aliphatic carboxylic acids is 1. The van der Waals surface area contributed by atoms with Gasteiger partial charge in [0.05, 0.1) is 39.1 Å². The zero-order valence-corrected chi connectivity index (χ0v) is 33.1. The second kappa shape index (κ2) is 18.3. The number of hydrogen-bond acceptors (Lipinski definition) is 11. The maximum atomic E-state index is 12.4. The van der Waals surface area contributed by atoms with Gasteiger partial charge in [-0.25, -0.2) is 4.79 Å². The van der Waals surface area contributed by atoms with Crippen molar-refractivity contribution in [2.24, 2.45) is 4.99 Å². The van der Waals surface area contributed by atoms with Gasteiger partial charge in [0.15, 0.2) is 5.82 Å².